The van der Waals surface area contributed by atoms with Crippen molar-refractivity contribution in [3.63, 3.8) is 0 Å². The Labute approximate surface area is 168 Å². The number of rotatable bonds is 5. The maximum Gasteiger partial charge on any atom is 0.269 e. The molecular formula is C21H23N3O5. The molecule has 0 saturated carbocycles. The van der Waals surface area contributed by atoms with Crippen molar-refractivity contribution < 1.29 is 19.2 Å². The second-order valence-corrected chi connectivity index (χ2v) is 7.06. The van der Waals surface area contributed by atoms with E-state index in [-0.39, 0.29) is 23.5 Å². The Morgan fingerprint density at radius 3 is 2.62 bits per heavy atom. The van der Waals surface area contributed by atoms with Crippen LogP contribution in [-0.2, 0) is 11.3 Å². The van der Waals surface area contributed by atoms with Crippen molar-refractivity contribution in [1.29, 1.82) is 0 Å². The summed E-state index contributed by atoms with van der Waals surface area (Å²) < 4.78 is 5.81. The lowest BCUT2D eigenvalue weighted by Crippen LogP contribution is -2.42. The van der Waals surface area contributed by atoms with E-state index in [0.717, 1.165) is 12.0 Å². The highest BCUT2D eigenvalue weighted by Crippen LogP contribution is 2.30. The summed E-state index contributed by atoms with van der Waals surface area (Å²) in [7, 11) is 0. The van der Waals surface area contributed by atoms with Crippen molar-refractivity contribution in [2.75, 3.05) is 5.32 Å². The molecule has 2 unspecified atom stereocenters. The van der Waals surface area contributed by atoms with Crippen LogP contribution >= 0.6 is 0 Å². The molecule has 8 heteroatoms. The fourth-order valence-corrected chi connectivity index (χ4v) is 3.16. The maximum atomic E-state index is 12.6. The van der Waals surface area contributed by atoms with Gasteiger partial charge >= 0.3 is 0 Å². The molecular weight excluding hydrogens is 374 g/mol. The molecule has 1 aliphatic rings. The zero-order valence-electron chi connectivity index (χ0n) is 16.5. The van der Waals surface area contributed by atoms with Crippen LogP contribution in [0.3, 0.4) is 0 Å². The van der Waals surface area contributed by atoms with Crippen molar-refractivity contribution in [2.24, 2.45) is 0 Å². The quantitative estimate of drug-likeness (QED) is 0.611. The molecule has 2 aromatic rings. The third kappa shape index (κ3) is 4.37. The molecule has 0 fully saturated rings. The van der Waals surface area contributed by atoms with E-state index in [0.29, 0.717) is 23.5 Å². The summed E-state index contributed by atoms with van der Waals surface area (Å²) in [5.74, 6) is 0.176. The SMILES string of the molecule is CCC(C)N1Cc2cc(NC(=O)c3ccc([N+](=O)[O-])cc3)ccc2OC(C)C1=O. The standard InChI is InChI=1S/C21H23N3O5/c1-4-13(2)23-12-16-11-17(7-10-19(16)29-14(3)21(23)26)22-20(25)15-5-8-18(9-6-15)24(27)28/h5-11,13-14H,4,12H2,1-3H3,(H,22,25). The van der Waals surface area contributed by atoms with Gasteiger partial charge in [-0.3, -0.25) is 19.7 Å². The molecule has 2 atom stereocenters. The first-order chi connectivity index (χ1) is 13.8. The molecule has 0 spiro atoms. The van der Waals surface area contributed by atoms with E-state index in [1.54, 1.807) is 30.0 Å². The predicted octanol–water partition coefficient (Wildman–Crippen LogP) is 3.76. The summed E-state index contributed by atoms with van der Waals surface area (Å²) in [6.07, 6.45) is 0.246. The summed E-state index contributed by atoms with van der Waals surface area (Å²) in [5, 5.41) is 13.5. The number of benzene rings is 2. The molecule has 2 aromatic carbocycles. The van der Waals surface area contributed by atoms with Crippen LogP contribution in [0.4, 0.5) is 11.4 Å². The number of nitrogens with zero attached hydrogens (tertiary/aromatic N) is 2. The Balaban J connectivity index is 1.82. The molecule has 0 saturated heterocycles. The van der Waals surface area contributed by atoms with Gasteiger partial charge in [0, 0.05) is 41.5 Å². The summed E-state index contributed by atoms with van der Waals surface area (Å²) >= 11 is 0. The van der Waals surface area contributed by atoms with Crippen molar-refractivity contribution in [3.8, 4) is 5.75 Å². The van der Waals surface area contributed by atoms with E-state index in [2.05, 4.69) is 5.32 Å². The summed E-state index contributed by atoms with van der Waals surface area (Å²) in [5.41, 5.74) is 1.60. The molecule has 0 aliphatic carbocycles. The topological polar surface area (TPSA) is 102 Å². The Bertz CT molecular complexity index is 942. The number of carbonyl (C=O) groups is 2. The van der Waals surface area contributed by atoms with Crippen LogP contribution < -0.4 is 10.1 Å². The van der Waals surface area contributed by atoms with Crippen molar-refractivity contribution in [1.82, 2.24) is 4.90 Å². The van der Waals surface area contributed by atoms with Gasteiger partial charge in [0.05, 0.1) is 4.92 Å². The van der Waals surface area contributed by atoms with Crippen LogP contribution in [-0.4, -0.2) is 33.8 Å². The number of nitro groups is 1. The van der Waals surface area contributed by atoms with Gasteiger partial charge in [-0.05, 0) is 50.6 Å². The second kappa shape index (κ2) is 8.30. The average molecular weight is 397 g/mol. The van der Waals surface area contributed by atoms with Crippen LogP contribution in [0.5, 0.6) is 5.75 Å². The molecule has 1 N–H and O–H groups in total. The smallest absolute Gasteiger partial charge is 0.269 e. The minimum atomic E-state index is -0.578. The fraction of sp³-hybridized carbons (Fsp3) is 0.333. The zero-order valence-corrected chi connectivity index (χ0v) is 16.5. The number of nitro benzene ring substituents is 1. The van der Waals surface area contributed by atoms with E-state index in [9.17, 15) is 19.7 Å². The Kier molecular flexibility index (Phi) is 5.81. The van der Waals surface area contributed by atoms with Gasteiger partial charge < -0.3 is 15.0 Å². The van der Waals surface area contributed by atoms with Gasteiger partial charge in [0.1, 0.15) is 5.75 Å². The molecule has 29 heavy (non-hydrogen) atoms. The highest BCUT2D eigenvalue weighted by atomic mass is 16.6. The maximum absolute atomic E-state index is 12.6. The number of anilines is 1. The van der Waals surface area contributed by atoms with Crippen molar-refractivity contribution in [2.45, 2.75) is 45.9 Å². The summed E-state index contributed by atoms with van der Waals surface area (Å²) in [6.45, 7) is 6.15. The van der Waals surface area contributed by atoms with E-state index in [1.165, 1.54) is 24.3 Å². The van der Waals surface area contributed by atoms with Crippen LogP contribution in [0.15, 0.2) is 42.5 Å². The van der Waals surface area contributed by atoms with Gasteiger partial charge in [-0.25, -0.2) is 0 Å². The zero-order chi connectivity index (χ0) is 21.1. The first-order valence-electron chi connectivity index (χ1n) is 9.46. The number of ether oxygens (including phenoxy) is 1. The lowest BCUT2D eigenvalue weighted by molar-refractivity contribution is -0.384. The van der Waals surface area contributed by atoms with Crippen LogP contribution in [0.2, 0.25) is 0 Å². The first-order valence-corrected chi connectivity index (χ1v) is 9.46. The number of fused-ring (bicyclic) bond motifs is 1. The predicted molar refractivity (Wildman–Crippen MR) is 108 cm³/mol. The average Bonchev–Trinajstić information content (AvgIpc) is 2.84. The van der Waals surface area contributed by atoms with Crippen molar-refractivity contribution >= 4 is 23.2 Å². The molecule has 2 amide bonds. The fourth-order valence-electron chi connectivity index (χ4n) is 3.16. The second-order valence-electron chi connectivity index (χ2n) is 7.06. The van der Waals surface area contributed by atoms with Gasteiger partial charge in [-0.1, -0.05) is 6.92 Å². The Hall–Kier alpha value is -3.42. The minimum absolute atomic E-state index is 0.0629. The first kappa shape index (κ1) is 20.3. The van der Waals surface area contributed by atoms with Gasteiger partial charge in [0.2, 0.25) is 0 Å². The van der Waals surface area contributed by atoms with Crippen LogP contribution in [0.1, 0.15) is 43.1 Å². The highest BCUT2D eigenvalue weighted by Gasteiger charge is 2.30. The minimum Gasteiger partial charge on any atom is -0.481 e. The molecule has 0 aromatic heterocycles. The Morgan fingerprint density at radius 2 is 2.00 bits per heavy atom. The molecule has 152 valence electrons. The molecule has 3 rings (SSSR count). The largest absolute Gasteiger partial charge is 0.481 e. The van der Waals surface area contributed by atoms with Gasteiger partial charge in [0.25, 0.3) is 17.5 Å². The molecule has 1 aliphatic heterocycles. The van der Waals surface area contributed by atoms with E-state index >= 15 is 0 Å². The number of non-ortho nitro benzene ring substituents is 1. The normalized spacial score (nSPS) is 17.0. The summed E-state index contributed by atoms with van der Waals surface area (Å²) in [4.78, 5) is 37.1. The Morgan fingerprint density at radius 1 is 1.31 bits per heavy atom. The third-order valence-corrected chi connectivity index (χ3v) is 5.06. The molecule has 0 radical (unpaired) electrons. The van der Waals surface area contributed by atoms with Gasteiger partial charge in [0.15, 0.2) is 6.10 Å². The lowest BCUT2D eigenvalue weighted by Gasteiger charge is -2.28. The summed E-state index contributed by atoms with van der Waals surface area (Å²) in [6, 6.07) is 10.7. The van der Waals surface area contributed by atoms with E-state index in [1.807, 2.05) is 13.8 Å². The van der Waals surface area contributed by atoms with Gasteiger partial charge in [-0.2, -0.15) is 0 Å². The number of nitrogens with one attached hydrogen (secondary N) is 1. The lowest BCUT2D eigenvalue weighted by atomic mass is 10.1. The van der Waals surface area contributed by atoms with Crippen molar-refractivity contribution in [3.05, 3.63) is 63.7 Å². The molecule has 1 heterocycles. The third-order valence-electron chi connectivity index (χ3n) is 5.06. The number of amides is 2. The number of carbonyl (C=O) groups excluding carboxylic acids is 2. The van der Waals surface area contributed by atoms with E-state index < -0.39 is 11.0 Å². The number of hydrogen-bond acceptors (Lipinski definition) is 5. The van der Waals surface area contributed by atoms with Crippen LogP contribution in [0.25, 0.3) is 0 Å². The van der Waals surface area contributed by atoms with E-state index in [4.69, 9.17) is 4.74 Å². The monoisotopic (exact) mass is 397 g/mol. The molecule has 8 nitrogen and oxygen atoms in total. The highest BCUT2D eigenvalue weighted by molar-refractivity contribution is 6.04. The van der Waals surface area contributed by atoms with Gasteiger partial charge in [-0.15, -0.1) is 0 Å². The van der Waals surface area contributed by atoms with Crippen LogP contribution in [0, 0.1) is 10.1 Å². The molecule has 0 bridgehead atoms. The number of hydrogen-bond donors (Lipinski definition) is 1.